The first-order valence-electron chi connectivity index (χ1n) is 4.99. The molecule has 0 atom stereocenters. The number of ether oxygens (including phenoxy) is 1. The van der Waals surface area contributed by atoms with Gasteiger partial charge in [0.1, 0.15) is 0 Å². The first kappa shape index (κ1) is 10.4. The Balaban J connectivity index is 2.40. The molecule has 0 aliphatic carbocycles. The Hall–Kier alpha value is -2.10. The van der Waals surface area contributed by atoms with Crippen LogP contribution in [0.25, 0.3) is 11.5 Å². The first-order valence-corrected chi connectivity index (χ1v) is 4.99. The average Bonchev–Trinajstić information content (AvgIpc) is 2.74. The molecule has 1 aromatic heterocycles. The third-order valence-electron chi connectivity index (χ3n) is 2.03. The minimum absolute atomic E-state index is 0.177. The van der Waals surface area contributed by atoms with Gasteiger partial charge < -0.3 is 9.15 Å². The number of hydrogen-bond acceptors (Lipinski definition) is 4. The maximum absolute atomic E-state index is 10.7. The summed E-state index contributed by atoms with van der Waals surface area (Å²) in [6.07, 6.45) is 0.626. The van der Waals surface area contributed by atoms with Crippen molar-refractivity contribution in [3.8, 4) is 17.4 Å². The van der Waals surface area contributed by atoms with Crippen LogP contribution in [0.3, 0.4) is 0 Å². The Kier molecular flexibility index (Phi) is 3.00. The molecule has 0 radical (unpaired) electrons. The maximum atomic E-state index is 10.7. The zero-order valence-electron chi connectivity index (χ0n) is 8.84. The number of nitrogens with zero attached hydrogens (tertiary/aromatic N) is 1. The number of carbonyl (C=O) groups is 1. The highest BCUT2D eigenvalue weighted by Crippen LogP contribution is 2.26. The van der Waals surface area contributed by atoms with E-state index in [1.54, 1.807) is 0 Å². The second-order valence-corrected chi connectivity index (χ2v) is 3.11. The van der Waals surface area contributed by atoms with Crippen molar-refractivity contribution < 1.29 is 13.9 Å². The molecular weight excluding hydrogens is 206 g/mol. The van der Waals surface area contributed by atoms with Crippen molar-refractivity contribution in [1.29, 1.82) is 0 Å². The van der Waals surface area contributed by atoms with Gasteiger partial charge in [-0.2, -0.15) is 0 Å². The van der Waals surface area contributed by atoms with Crippen LogP contribution in [0.2, 0.25) is 0 Å². The normalized spacial score (nSPS) is 10.1. The van der Waals surface area contributed by atoms with Crippen LogP contribution in [-0.4, -0.2) is 17.9 Å². The van der Waals surface area contributed by atoms with Crippen LogP contribution in [0.15, 0.2) is 34.7 Å². The van der Waals surface area contributed by atoms with Crippen LogP contribution < -0.4 is 4.74 Å². The molecule has 1 heterocycles. The Morgan fingerprint density at radius 1 is 1.38 bits per heavy atom. The van der Waals surface area contributed by atoms with Gasteiger partial charge in [-0.15, -0.1) is 0 Å². The summed E-state index contributed by atoms with van der Waals surface area (Å²) >= 11 is 0. The van der Waals surface area contributed by atoms with Crippen LogP contribution in [-0.2, 0) is 0 Å². The van der Waals surface area contributed by atoms with Crippen molar-refractivity contribution in [1.82, 2.24) is 4.98 Å². The fourth-order valence-corrected chi connectivity index (χ4v) is 1.33. The second kappa shape index (κ2) is 4.61. The molecule has 82 valence electrons. The lowest BCUT2D eigenvalue weighted by molar-refractivity contribution is 0.111. The van der Waals surface area contributed by atoms with Gasteiger partial charge in [-0.1, -0.05) is 18.2 Å². The van der Waals surface area contributed by atoms with Gasteiger partial charge in [-0.3, -0.25) is 4.79 Å². The predicted molar refractivity (Wildman–Crippen MR) is 58.5 cm³/mol. The molecule has 0 spiro atoms. The molecule has 0 fully saturated rings. The lowest BCUT2D eigenvalue weighted by Crippen LogP contribution is -1.92. The van der Waals surface area contributed by atoms with Crippen molar-refractivity contribution in [2.75, 3.05) is 6.61 Å². The molecule has 4 heteroatoms. The van der Waals surface area contributed by atoms with Crippen LogP contribution >= 0.6 is 0 Å². The summed E-state index contributed by atoms with van der Waals surface area (Å²) in [5.41, 5.74) is 1.01. The zero-order valence-corrected chi connectivity index (χ0v) is 8.84. The first-order chi connectivity index (χ1) is 7.85. The van der Waals surface area contributed by atoms with E-state index >= 15 is 0 Å². The van der Waals surface area contributed by atoms with E-state index in [4.69, 9.17) is 9.15 Å². The molecule has 4 nitrogen and oxygen atoms in total. The molecule has 0 N–H and O–H groups in total. The van der Waals surface area contributed by atoms with E-state index in [1.807, 2.05) is 37.3 Å². The molecule has 0 bridgehead atoms. The highest BCUT2D eigenvalue weighted by molar-refractivity contribution is 5.76. The van der Waals surface area contributed by atoms with E-state index in [0.29, 0.717) is 18.8 Å². The second-order valence-electron chi connectivity index (χ2n) is 3.11. The maximum Gasteiger partial charge on any atom is 0.316 e. The molecular formula is C12H11NO3. The Morgan fingerprint density at radius 3 is 2.75 bits per heavy atom. The summed E-state index contributed by atoms with van der Waals surface area (Å²) in [7, 11) is 0. The quantitative estimate of drug-likeness (QED) is 0.738. The van der Waals surface area contributed by atoms with E-state index in [0.717, 1.165) is 5.56 Å². The Morgan fingerprint density at radius 2 is 2.12 bits per heavy atom. The summed E-state index contributed by atoms with van der Waals surface area (Å²) in [6.45, 7) is 2.25. The van der Waals surface area contributed by atoms with Gasteiger partial charge in [0.25, 0.3) is 0 Å². The fourth-order valence-electron chi connectivity index (χ4n) is 1.33. The van der Waals surface area contributed by atoms with Gasteiger partial charge in [0, 0.05) is 5.56 Å². The average molecular weight is 217 g/mol. The van der Waals surface area contributed by atoms with Crippen molar-refractivity contribution in [3.05, 3.63) is 36.0 Å². The third kappa shape index (κ3) is 1.95. The van der Waals surface area contributed by atoms with E-state index in [1.165, 1.54) is 0 Å². The van der Waals surface area contributed by atoms with Gasteiger partial charge in [0.2, 0.25) is 5.89 Å². The molecule has 0 saturated heterocycles. The molecule has 0 amide bonds. The summed E-state index contributed by atoms with van der Waals surface area (Å²) in [5, 5.41) is 0. The van der Waals surface area contributed by atoms with E-state index in [2.05, 4.69) is 4.98 Å². The van der Waals surface area contributed by atoms with Gasteiger partial charge in [0.05, 0.1) is 6.61 Å². The molecule has 2 aromatic rings. The van der Waals surface area contributed by atoms with E-state index < -0.39 is 0 Å². The number of oxazole rings is 1. The summed E-state index contributed by atoms with van der Waals surface area (Å²) in [4.78, 5) is 14.8. The minimum Gasteiger partial charge on any atom is -0.464 e. The topological polar surface area (TPSA) is 52.3 Å². The van der Waals surface area contributed by atoms with Crippen LogP contribution in [0.4, 0.5) is 0 Å². The SMILES string of the molecule is CCOc1oc(-c2ccccc2)nc1C=O. The minimum atomic E-state index is 0.177. The van der Waals surface area contributed by atoms with Crippen LogP contribution in [0, 0.1) is 0 Å². The van der Waals surface area contributed by atoms with Gasteiger partial charge in [-0.25, -0.2) is 4.98 Å². The number of hydrogen-bond donors (Lipinski definition) is 0. The molecule has 16 heavy (non-hydrogen) atoms. The van der Waals surface area contributed by atoms with Gasteiger partial charge in [-0.05, 0) is 19.1 Å². The molecule has 1 aromatic carbocycles. The Labute approximate surface area is 92.9 Å². The highest BCUT2D eigenvalue weighted by atomic mass is 16.6. The zero-order chi connectivity index (χ0) is 11.4. The standard InChI is InChI=1S/C12H11NO3/c1-2-15-12-10(8-14)13-11(16-12)9-6-4-3-5-7-9/h3-8H,2H2,1H3. The van der Waals surface area contributed by atoms with Crippen molar-refractivity contribution in [2.24, 2.45) is 0 Å². The van der Waals surface area contributed by atoms with Crippen LogP contribution in [0.5, 0.6) is 5.95 Å². The lowest BCUT2D eigenvalue weighted by Gasteiger charge is -1.96. The number of aromatic nitrogens is 1. The van der Waals surface area contributed by atoms with Gasteiger partial charge in [0.15, 0.2) is 12.0 Å². The van der Waals surface area contributed by atoms with Crippen LogP contribution in [0.1, 0.15) is 17.4 Å². The van der Waals surface area contributed by atoms with Crippen molar-refractivity contribution in [2.45, 2.75) is 6.92 Å². The monoisotopic (exact) mass is 217 g/mol. The predicted octanol–water partition coefficient (Wildman–Crippen LogP) is 2.55. The molecule has 0 aliphatic heterocycles. The highest BCUT2D eigenvalue weighted by Gasteiger charge is 2.14. The molecule has 0 saturated carbocycles. The number of aldehydes is 1. The molecule has 0 unspecified atom stereocenters. The van der Waals surface area contributed by atoms with Crippen molar-refractivity contribution in [3.63, 3.8) is 0 Å². The van der Waals surface area contributed by atoms with Gasteiger partial charge >= 0.3 is 5.95 Å². The lowest BCUT2D eigenvalue weighted by atomic mass is 10.2. The largest absolute Gasteiger partial charge is 0.464 e. The smallest absolute Gasteiger partial charge is 0.316 e. The number of carbonyl (C=O) groups excluding carboxylic acids is 1. The number of benzene rings is 1. The Bertz CT molecular complexity index is 476. The van der Waals surface area contributed by atoms with E-state index in [-0.39, 0.29) is 11.6 Å². The fraction of sp³-hybridized carbons (Fsp3) is 0.167. The molecule has 0 aliphatic rings. The summed E-state index contributed by atoms with van der Waals surface area (Å²) < 4.78 is 10.5. The van der Waals surface area contributed by atoms with E-state index in [9.17, 15) is 4.79 Å². The third-order valence-corrected chi connectivity index (χ3v) is 2.03. The summed E-state index contributed by atoms with van der Waals surface area (Å²) in [5.74, 6) is 0.572. The molecule has 2 rings (SSSR count). The number of rotatable bonds is 4. The summed E-state index contributed by atoms with van der Waals surface area (Å²) in [6, 6.07) is 9.36. The van der Waals surface area contributed by atoms with Crippen molar-refractivity contribution >= 4 is 6.29 Å².